The van der Waals surface area contributed by atoms with Crippen molar-refractivity contribution in [1.29, 1.82) is 5.26 Å². The van der Waals surface area contributed by atoms with E-state index in [0.717, 1.165) is 18.5 Å². The van der Waals surface area contributed by atoms with Crippen LogP contribution in [0.25, 0.3) is 0 Å². The van der Waals surface area contributed by atoms with E-state index in [1.807, 2.05) is 42.2 Å². The zero-order chi connectivity index (χ0) is 27.8. The first-order chi connectivity index (χ1) is 18.9. The van der Waals surface area contributed by atoms with E-state index in [0.29, 0.717) is 55.3 Å². The van der Waals surface area contributed by atoms with Crippen molar-refractivity contribution in [2.45, 2.75) is 57.2 Å². The summed E-state index contributed by atoms with van der Waals surface area (Å²) in [5, 5.41) is 22.8. The lowest BCUT2D eigenvalue weighted by molar-refractivity contribution is -0.123. The van der Waals surface area contributed by atoms with E-state index < -0.39 is 6.04 Å². The summed E-state index contributed by atoms with van der Waals surface area (Å²) in [6, 6.07) is 1.10. The monoisotopic (exact) mass is 533 g/mol. The SMILES string of the molecule is CC1C=C(C(=O)CN2C3=CC=CCC3N=C2c2nonc2NCCC#N)C=CC1NC(=O)[C@@H](N)CCCCN. The fraction of sp³-hybridized carbons (Fsp3) is 0.481. The van der Waals surface area contributed by atoms with Crippen molar-refractivity contribution in [3.63, 3.8) is 0 Å². The van der Waals surface area contributed by atoms with Crippen molar-refractivity contribution < 1.29 is 14.2 Å². The maximum Gasteiger partial charge on any atom is 0.237 e. The number of nitrogens with two attached hydrogens (primary N) is 2. The minimum absolute atomic E-state index is 0.0471. The van der Waals surface area contributed by atoms with Gasteiger partial charge >= 0.3 is 0 Å². The van der Waals surface area contributed by atoms with Gasteiger partial charge in [-0.2, -0.15) is 5.26 Å². The van der Waals surface area contributed by atoms with Gasteiger partial charge in [0.05, 0.1) is 37.2 Å². The lowest BCUT2D eigenvalue weighted by atomic mass is 9.90. The first kappa shape index (κ1) is 27.9. The molecule has 1 aromatic heterocycles. The molecule has 0 saturated carbocycles. The molecule has 3 unspecified atom stereocenters. The molecule has 0 fully saturated rings. The zero-order valence-electron chi connectivity index (χ0n) is 22.0. The molecule has 0 saturated heterocycles. The van der Waals surface area contributed by atoms with Crippen molar-refractivity contribution in [1.82, 2.24) is 20.5 Å². The molecule has 1 aromatic rings. The standard InChI is InChI=1S/C27H35N9O3/c1-17-15-18(10-11-20(17)33-27(38)19(30)7-4-5-12-28)23(37)16-36-22-9-3-2-8-21(22)32-26(36)24-25(35-39-34-24)31-14-6-13-29/h2-3,9-11,15,17,19-21H,4-8,12,14,16,28,30H2,1H3,(H,31,35)(H,33,38)/t17?,19-,20?,21?/m0/s1. The second kappa shape index (κ2) is 13.1. The summed E-state index contributed by atoms with van der Waals surface area (Å²) in [6.45, 7) is 2.96. The van der Waals surface area contributed by atoms with Crippen molar-refractivity contribution >= 4 is 23.3 Å². The molecule has 2 heterocycles. The van der Waals surface area contributed by atoms with E-state index in [-0.39, 0.29) is 36.2 Å². The lowest BCUT2D eigenvalue weighted by Gasteiger charge is -2.27. The maximum atomic E-state index is 13.5. The highest BCUT2D eigenvalue weighted by Gasteiger charge is 2.36. The molecule has 0 bridgehead atoms. The molecule has 206 valence electrons. The fourth-order valence-corrected chi connectivity index (χ4v) is 4.71. The number of unbranched alkanes of at least 4 members (excludes halogenated alkanes) is 1. The molecule has 2 aliphatic carbocycles. The molecule has 0 aromatic carbocycles. The number of ketones is 1. The van der Waals surface area contributed by atoms with Crippen LogP contribution in [0.3, 0.4) is 0 Å². The summed E-state index contributed by atoms with van der Waals surface area (Å²) in [4.78, 5) is 32.7. The molecular formula is C27H35N9O3. The molecule has 1 amide bonds. The van der Waals surface area contributed by atoms with Gasteiger partial charge in [-0.05, 0) is 48.1 Å². The Labute approximate surface area is 227 Å². The van der Waals surface area contributed by atoms with Gasteiger partial charge < -0.3 is 27.0 Å². The normalized spacial score (nSPS) is 22.4. The number of amidine groups is 1. The van der Waals surface area contributed by atoms with Gasteiger partial charge in [-0.1, -0.05) is 43.7 Å². The van der Waals surface area contributed by atoms with Crippen LogP contribution in [-0.2, 0) is 9.59 Å². The number of nitrogens with zero attached hydrogens (tertiary/aromatic N) is 5. The van der Waals surface area contributed by atoms with Gasteiger partial charge in [0.2, 0.25) is 11.7 Å². The number of fused-ring (bicyclic) bond motifs is 1. The fourth-order valence-electron chi connectivity index (χ4n) is 4.71. The Morgan fingerprint density at radius 1 is 1.33 bits per heavy atom. The van der Waals surface area contributed by atoms with Gasteiger partial charge in [0.1, 0.15) is 0 Å². The molecule has 0 radical (unpaired) electrons. The number of allylic oxidation sites excluding steroid dienone is 3. The van der Waals surface area contributed by atoms with E-state index in [4.69, 9.17) is 26.4 Å². The molecule has 4 atom stereocenters. The molecule has 6 N–H and O–H groups in total. The Hall–Kier alpha value is -4.08. The van der Waals surface area contributed by atoms with Crippen LogP contribution >= 0.6 is 0 Å². The Bertz CT molecular complexity index is 1250. The average Bonchev–Trinajstić information content (AvgIpc) is 3.54. The van der Waals surface area contributed by atoms with Crippen LogP contribution in [0.2, 0.25) is 0 Å². The number of nitrogens with one attached hydrogen (secondary N) is 2. The van der Waals surface area contributed by atoms with Crippen molar-refractivity contribution in [2.24, 2.45) is 22.4 Å². The van der Waals surface area contributed by atoms with Gasteiger partial charge in [-0.25, -0.2) is 4.63 Å². The molecule has 4 rings (SSSR count). The molecule has 12 heteroatoms. The van der Waals surface area contributed by atoms with Crippen LogP contribution in [0, 0.1) is 17.2 Å². The smallest absolute Gasteiger partial charge is 0.237 e. The number of carbonyl (C=O) groups is 2. The third-order valence-electron chi connectivity index (χ3n) is 6.91. The Balaban J connectivity index is 1.44. The number of aliphatic imine (C=N–C) groups is 1. The maximum absolute atomic E-state index is 13.5. The van der Waals surface area contributed by atoms with Crippen molar-refractivity contribution in [2.75, 3.05) is 25.0 Å². The van der Waals surface area contributed by atoms with Crippen LogP contribution in [0.5, 0.6) is 0 Å². The van der Waals surface area contributed by atoms with Gasteiger partial charge in [0, 0.05) is 17.8 Å². The second-order valence-corrected chi connectivity index (χ2v) is 9.80. The summed E-state index contributed by atoms with van der Waals surface area (Å²) in [7, 11) is 0. The topological polar surface area (TPSA) is 189 Å². The summed E-state index contributed by atoms with van der Waals surface area (Å²) in [5.41, 5.74) is 13.4. The third kappa shape index (κ3) is 6.68. The number of aromatic nitrogens is 2. The predicted molar refractivity (Wildman–Crippen MR) is 146 cm³/mol. The van der Waals surface area contributed by atoms with Crippen LogP contribution in [0.15, 0.2) is 57.3 Å². The van der Waals surface area contributed by atoms with Crippen molar-refractivity contribution in [3.05, 3.63) is 53.4 Å². The number of anilines is 1. The number of amides is 1. The number of Topliss-reactive ketones (excluding diaryl/α,β-unsaturated/α-hetero) is 1. The number of rotatable bonds is 13. The predicted octanol–water partition coefficient (Wildman–Crippen LogP) is 1.31. The van der Waals surface area contributed by atoms with Crippen LogP contribution in [0.4, 0.5) is 5.82 Å². The number of carbonyl (C=O) groups excluding carboxylic acids is 2. The van der Waals surface area contributed by atoms with Crippen LogP contribution in [-0.4, -0.2) is 70.5 Å². The Morgan fingerprint density at radius 3 is 2.95 bits per heavy atom. The highest BCUT2D eigenvalue weighted by Crippen LogP contribution is 2.31. The van der Waals surface area contributed by atoms with E-state index in [1.54, 1.807) is 6.08 Å². The number of hydrogen-bond acceptors (Lipinski definition) is 11. The second-order valence-electron chi connectivity index (χ2n) is 9.80. The summed E-state index contributed by atoms with van der Waals surface area (Å²) in [5.74, 6) is 0.463. The number of nitriles is 1. The van der Waals surface area contributed by atoms with E-state index in [2.05, 4.69) is 27.0 Å². The van der Waals surface area contributed by atoms with Gasteiger partial charge in [0.25, 0.3) is 0 Å². The van der Waals surface area contributed by atoms with Gasteiger partial charge in [-0.3, -0.25) is 14.6 Å². The van der Waals surface area contributed by atoms with E-state index in [1.165, 1.54) is 0 Å². The average molecular weight is 534 g/mol. The molecule has 12 nitrogen and oxygen atoms in total. The first-order valence-corrected chi connectivity index (χ1v) is 13.3. The summed E-state index contributed by atoms with van der Waals surface area (Å²) < 4.78 is 4.97. The number of hydrogen-bond donors (Lipinski definition) is 4. The zero-order valence-corrected chi connectivity index (χ0v) is 22.0. The highest BCUT2D eigenvalue weighted by molar-refractivity contribution is 6.08. The molecule has 0 spiro atoms. The van der Waals surface area contributed by atoms with Crippen LogP contribution in [0.1, 0.15) is 44.7 Å². The highest BCUT2D eigenvalue weighted by atomic mass is 16.6. The largest absolute Gasteiger partial charge is 0.364 e. The van der Waals surface area contributed by atoms with E-state index in [9.17, 15) is 9.59 Å². The quantitative estimate of drug-likeness (QED) is 0.269. The van der Waals surface area contributed by atoms with Crippen LogP contribution < -0.4 is 22.1 Å². The first-order valence-electron chi connectivity index (χ1n) is 13.3. The lowest BCUT2D eigenvalue weighted by Crippen LogP contribution is -2.47. The molecular weight excluding hydrogens is 498 g/mol. The Kier molecular flexibility index (Phi) is 9.40. The van der Waals surface area contributed by atoms with Crippen molar-refractivity contribution in [3.8, 4) is 6.07 Å². The Morgan fingerprint density at radius 2 is 2.18 bits per heavy atom. The molecule has 39 heavy (non-hydrogen) atoms. The summed E-state index contributed by atoms with van der Waals surface area (Å²) in [6.07, 6.45) is 14.6. The third-order valence-corrected chi connectivity index (χ3v) is 6.91. The van der Waals surface area contributed by atoms with E-state index >= 15 is 0 Å². The molecule has 3 aliphatic rings. The van der Waals surface area contributed by atoms with Gasteiger partial charge in [0.15, 0.2) is 17.3 Å². The summed E-state index contributed by atoms with van der Waals surface area (Å²) >= 11 is 0. The minimum Gasteiger partial charge on any atom is -0.364 e. The molecule has 1 aliphatic heterocycles. The van der Waals surface area contributed by atoms with Gasteiger partial charge in [-0.15, -0.1) is 0 Å². The minimum atomic E-state index is -0.590.